The number of benzene rings is 1. The number of ether oxygens (including phenoxy) is 1. The summed E-state index contributed by atoms with van der Waals surface area (Å²) in [6, 6.07) is 9.48. The number of carbonyl (C=O) groups excluding carboxylic acids is 1. The molecule has 2 aromatic rings. The van der Waals surface area contributed by atoms with E-state index in [1.165, 1.54) is 6.42 Å². The van der Waals surface area contributed by atoms with Gasteiger partial charge < -0.3 is 14.2 Å². The van der Waals surface area contributed by atoms with Crippen molar-refractivity contribution >= 4 is 5.91 Å². The van der Waals surface area contributed by atoms with Crippen molar-refractivity contribution in [2.45, 2.75) is 25.2 Å². The lowest BCUT2D eigenvalue weighted by Gasteiger charge is -2.42. The van der Waals surface area contributed by atoms with Crippen LogP contribution in [0.15, 0.2) is 36.7 Å². The number of aryl methyl sites for hydroxylation is 1. The zero-order valence-electron chi connectivity index (χ0n) is 13.9. The van der Waals surface area contributed by atoms with Gasteiger partial charge in [-0.15, -0.1) is 10.2 Å². The van der Waals surface area contributed by atoms with Gasteiger partial charge in [-0.25, -0.2) is 0 Å². The van der Waals surface area contributed by atoms with Gasteiger partial charge in [0.05, 0.1) is 0 Å². The molecule has 2 heterocycles. The Labute approximate surface area is 141 Å². The third-order valence-electron chi connectivity index (χ3n) is 5.51. The van der Waals surface area contributed by atoms with E-state index < -0.39 is 0 Å². The molecule has 6 nitrogen and oxygen atoms in total. The van der Waals surface area contributed by atoms with Crippen LogP contribution in [0, 0.1) is 5.41 Å². The molecular weight excluding hydrogens is 304 g/mol. The van der Waals surface area contributed by atoms with E-state index in [4.69, 9.17) is 4.74 Å². The van der Waals surface area contributed by atoms with E-state index in [2.05, 4.69) is 10.2 Å². The van der Waals surface area contributed by atoms with Gasteiger partial charge in [0.2, 0.25) is 0 Å². The van der Waals surface area contributed by atoms with Gasteiger partial charge >= 0.3 is 0 Å². The molecule has 1 aromatic carbocycles. The Morgan fingerprint density at radius 2 is 2.12 bits per heavy atom. The van der Waals surface area contributed by atoms with Gasteiger partial charge in [-0.2, -0.15) is 0 Å². The minimum Gasteiger partial charge on any atom is -0.484 e. The molecular formula is C18H22N4O2. The molecule has 1 aliphatic carbocycles. The minimum atomic E-state index is 0.0507. The lowest BCUT2D eigenvalue weighted by molar-refractivity contribution is -0.133. The van der Waals surface area contributed by atoms with Crippen LogP contribution < -0.4 is 4.74 Å². The number of hydrogen-bond acceptors (Lipinski definition) is 4. The largest absolute Gasteiger partial charge is 0.484 e. The van der Waals surface area contributed by atoms with Crippen LogP contribution in [0.25, 0.3) is 0 Å². The summed E-state index contributed by atoms with van der Waals surface area (Å²) in [5.74, 6) is 2.05. The molecule has 1 aromatic heterocycles. The van der Waals surface area contributed by atoms with E-state index in [1.54, 1.807) is 6.33 Å². The summed E-state index contributed by atoms with van der Waals surface area (Å²) >= 11 is 0. The van der Waals surface area contributed by atoms with E-state index in [9.17, 15) is 4.79 Å². The average molecular weight is 326 g/mol. The number of nitrogens with zero attached hydrogens (tertiary/aromatic N) is 4. The highest BCUT2D eigenvalue weighted by atomic mass is 16.5. The van der Waals surface area contributed by atoms with Crippen molar-refractivity contribution in [3.05, 3.63) is 42.5 Å². The summed E-state index contributed by atoms with van der Waals surface area (Å²) in [5.41, 5.74) is 0.184. The van der Waals surface area contributed by atoms with Gasteiger partial charge in [-0.1, -0.05) is 24.6 Å². The van der Waals surface area contributed by atoms with Gasteiger partial charge in [-0.3, -0.25) is 4.79 Å². The first-order valence-corrected chi connectivity index (χ1v) is 8.47. The number of carbonyl (C=O) groups is 1. The molecule has 0 N–H and O–H groups in total. The van der Waals surface area contributed by atoms with E-state index in [-0.39, 0.29) is 23.8 Å². The number of rotatable bonds is 4. The van der Waals surface area contributed by atoms with Crippen molar-refractivity contribution in [2.75, 3.05) is 19.7 Å². The normalized spacial score (nSPS) is 21.7. The summed E-state index contributed by atoms with van der Waals surface area (Å²) < 4.78 is 7.61. The van der Waals surface area contributed by atoms with Crippen LogP contribution in [0.4, 0.5) is 0 Å². The number of aromatic nitrogens is 3. The fourth-order valence-corrected chi connectivity index (χ4v) is 4.01. The van der Waals surface area contributed by atoms with Gasteiger partial charge in [0.1, 0.15) is 17.9 Å². The van der Waals surface area contributed by atoms with Crippen molar-refractivity contribution in [3.63, 3.8) is 0 Å². The standard InChI is InChI=1S/C18H22N4O2/c1-21-13-19-20-17(21)15-10-22(12-18(15)8-5-9-18)16(23)11-24-14-6-3-2-4-7-14/h2-4,6-7,13,15H,5,8-12H2,1H3. The molecule has 4 rings (SSSR count). The zero-order chi connectivity index (χ0) is 16.6. The molecule has 24 heavy (non-hydrogen) atoms. The van der Waals surface area contributed by atoms with Crippen molar-refractivity contribution in [1.82, 2.24) is 19.7 Å². The number of likely N-dealkylation sites (tertiary alicyclic amines) is 1. The first-order chi connectivity index (χ1) is 11.7. The molecule has 2 aliphatic rings. The van der Waals surface area contributed by atoms with Crippen LogP contribution in [-0.4, -0.2) is 45.3 Å². The molecule has 1 unspecified atom stereocenters. The number of hydrogen-bond donors (Lipinski definition) is 0. The second kappa shape index (κ2) is 5.92. The highest BCUT2D eigenvalue weighted by Crippen LogP contribution is 2.55. The third-order valence-corrected chi connectivity index (χ3v) is 5.51. The predicted molar refractivity (Wildman–Crippen MR) is 88.5 cm³/mol. The highest BCUT2D eigenvalue weighted by molar-refractivity contribution is 5.78. The van der Waals surface area contributed by atoms with Gasteiger partial charge in [0.25, 0.3) is 5.91 Å². The molecule has 1 spiro atoms. The molecule has 1 saturated carbocycles. The molecule has 0 radical (unpaired) electrons. The Morgan fingerprint density at radius 1 is 1.33 bits per heavy atom. The molecule has 0 bridgehead atoms. The molecule has 2 fully saturated rings. The Balaban J connectivity index is 1.45. The Hall–Kier alpha value is -2.37. The summed E-state index contributed by atoms with van der Waals surface area (Å²) in [6.07, 6.45) is 5.29. The van der Waals surface area contributed by atoms with Crippen molar-refractivity contribution in [1.29, 1.82) is 0 Å². The lowest BCUT2D eigenvalue weighted by atomic mass is 9.62. The van der Waals surface area contributed by atoms with Crippen LogP contribution in [-0.2, 0) is 11.8 Å². The molecule has 1 saturated heterocycles. The zero-order valence-corrected chi connectivity index (χ0v) is 13.9. The Bertz CT molecular complexity index is 724. The van der Waals surface area contributed by atoms with Crippen LogP contribution in [0.5, 0.6) is 5.75 Å². The maximum Gasteiger partial charge on any atom is 0.260 e. The second-order valence-electron chi connectivity index (χ2n) is 6.94. The van der Waals surface area contributed by atoms with E-state index in [1.807, 2.05) is 46.8 Å². The predicted octanol–water partition coefficient (Wildman–Crippen LogP) is 1.99. The van der Waals surface area contributed by atoms with E-state index in [0.29, 0.717) is 6.54 Å². The minimum absolute atomic E-state index is 0.0507. The first-order valence-electron chi connectivity index (χ1n) is 8.47. The van der Waals surface area contributed by atoms with Crippen LogP contribution in [0.1, 0.15) is 31.0 Å². The van der Waals surface area contributed by atoms with Crippen molar-refractivity contribution in [3.8, 4) is 5.75 Å². The molecule has 126 valence electrons. The van der Waals surface area contributed by atoms with Crippen LogP contribution in [0.3, 0.4) is 0 Å². The monoisotopic (exact) mass is 326 g/mol. The Morgan fingerprint density at radius 3 is 2.75 bits per heavy atom. The fourth-order valence-electron chi connectivity index (χ4n) is 4.01. The van der Waals surface area contributed by atoms with E-state index in [0.717, 1.165) is 31.0 Å². The molecule has 1 amide bonds. The third kappa shape index (κ3) is 2.56. The lowest BCUT2D eigenvalue weighted by Crippen LogP contribution is -2.39. The van der Waals surface area contributed by atoms with Crippen molar-refractivity contribution in [2.24, 2.45) is 12.5 Å². The molecule has 1 aliphatic heterocycles. The highest BCUT2D eigenvalue weighted by Gasteiger charge is 2.53. The van der Waals surface area contributed by atoms with Crippen molar-refractivity contribution < 1.29 is 9.53 Å². The SMILES string of the molecule is Cn1cnnc1C1CN(C(=O)COc2ccccc2)CC12CCC2. The maximum absolute atomic E-state index is 12.6. The van der Waals surface area contributed by atoms with Gasteiger partial charge in [0.15, 0.2) is 6.61 Å². The quantitative estimate of drug-likeness (QED) is 0.862. The topological polar surface area (TPSA) is 60.2 Å². The molecule has 6 heteroatoms. The smallest absolute Gasteiger partial charge is 0.260 e. The van der Waals surface area contributed by atoms with Crippen LogP contribution >= 0.6 is 0 Å². The van der Waals surface area contributed by atoms with Crippen LogP contribution in [0.2, 0.25) is 0 Å². The summed E-state index contributed by atoms with van der Waals surface area (Å²) in [6.45, 7) is 1.61. The Kier molecular flexibility index (Phi) is 3.75. The molecule has 1 atom stereocenters. The summed E-state index contributed by atoms with van der Waals surface area (Å²) in [4.78, 5) is 14.6. The second-order valence-corrected chi connectivity index (χ2v) is 6.94. The summed E-state index contributed by atoms with van der Waals surface area (Å²) in [7, 11) is 1.98. The van der Waals surface area contributed by atoms with E-state index >= 15 is 0 Å². The van der Waals surface area contributed by atoms with Gasteiger partial charge in [0, 0.05) is 26.1 Å². The number of para-hydroxylation sites is 1. The summed E-state index contributed by atoms with van der Waals surface area (Å²) in [5, 5.41) is 8.33. The van der Waals surface area contributed by atoms with Gasteiger partial charge in [-0.05, 0) is 30.4 Å². The number of amides is 1. The average Bonchev–Trinajstić information content (AvgIpc) is 3.16. The fraction of sp³-hybridized carbons (Fsp3) is 0.500. The first kappa shape index (κ1) is 15.2. The maximum atomic E-state index is 12.6.